The first-order chi connectivity index (χ1) is 15.1. The molecule has 0 aromatic heterocycles. The summed E-state index contributed by atoms with van der Waals surface area (Å²) < 4.78 is 11.9. The molecule has 1 aliphatic rings. The summed E-state index contributed by atoms with van der Waals surface area (Å²) in [5, 5.41) is 13.0. The fraction of sp³-hybridized carbons (Fsp3) is 0.400. The summed E-state index contributed by atoms with van der Waals surface area (Å²) in [5.74, 6) is -0.0787. The number of hydrogen-bond donors (Lipinski definition) is 2. The van der Waals surface area contributed by atoms with E-state index in [4.69, 9.17) is 21.1 Å². The molecule has 0 saturated carbocycles. The normalized spacial score (nSPS) is 20.6. The van der Waals surface area contributed by atoms with Gasteiger partial charge in [-0.05, 0) is 55.5 Å². The Hall–Kier alpha value is -2.34. The number of ether oxygens (including phenoxy) is 2. The van der Waals surface area contributed by atoms with Crippen molar-refractivity contribution in [3.05, 3.63) is 82.6 Å². The standard InChI is InChI=1S/C25H30ClNO4/c1-2-30-25-21(9-6-16-28)22(19-10-12-20(26)13-11-19)17-23(31-25)24(29)27-15-14-18-7-4-3-5-8-18/h3-5,7-8,10-13,17,21-22,25,28H,2,6,9,14-16H2,1H3,(H,27,29)/t21-,22+,25+/m0/s1. The second kappa shape index (κ2) is 11.9. The van der Waals surface area contributed by atoms with E-state index in [-0.39, 0.29) is 30.1 Å². The average Bonchev–Trinajstić information content (AvgIpc) is 2.79. The Balaban J connectivity index is 1.78. The van der Waals surface area contributed by atoms with Crippen LogP contribution >= 0.6 is 11.6 Å². The first kappa shape index (κ1) is 23.3. The van der Waals surface area contributed by atoms with Crippen LogP contribution in [0.1, 0.15) is 36.8 Å². The molecule has 1 amide bonds. The number of hydrogen-bond acceptors (Lipinski definition) is 4. The highest BCUT2D eigenvalue weighted by molar-refractivity contribution is 6.30. The number of rotatable bonds is 10. The van der Waals surface area contributed by atoms with E-state index >= 15 is 0 Å². The lowest BCUT2D eigenvalue weighted by Crippen LogP contribution is -2.39. The van der Waals surface area contributed by atoms with Gasteiger partial charge in [-0.25, -0.2) is 0 Å². The molecule has 0 saturated heterocycles. The average molecular weight is 444 g/mol. The topological polar surface area (TPSA) is 67.8 Å². The lowest BCUT2D eigenvalue weighted by molar-refractivity contribution is -0.166. The zero-order valence-corrected chi connectivity index (χ0v) is 18.6. The highest BCUT2D eigenvalue weighted by Crippen LogP contribution is 2.39. The second-order valence-corrected chi connectivity index (χ2v) is 8.01. The zero-order valence-electron chi connectivity index (χ0n) is 17.8. The first-order valence-electron chi connectivity index (χ1n) is 10.8. The van der Waals surface area contributed by atoms with Crippen molar-refractivity contribution in [3.63, 3.8) is 0 Å². The summed E-state index contributed by atoms with van der Waals surface area (Å²) in [6.07, 6.45) is 3.41. The zero-order chi connectivity index (χ0) is 22.1. The first-order valence-corrected chi connectivity index (χ1v) is 11.2. The number of allylic oxidation sites excluding steroid dienone is 1. The van der Waals surface area contributed by atoms with Gasteiger partial charge < -0.3 is 19.9 Å². The quantitative estimate of drug-likeness (QED) is 0.569. The Morgan fingerprint density at radius 1 is 1.16 bits per heavy atom. The number of aliphatic hydroxyl groups is 1. The third kappa shape index (κ3) is 6.57. The highest BCUT2D eigenvalue weighted by atomic mass is 35.5. The third-order valence-electron chi connectivity index (χ3n) is 5.43. The molecule has 0 spiro atoms. The summed E-state index contributed by atoms with van der Waals surface area (Å²) in [7, 11) is 0. The number of carbonyl (C=O) groups excluding carboxylic acids is 1. The number of carbonyl (C=O) groups is 1. The van der Waals surface area contributed by atoms with E-state index in [0.717, 1.165) is 17.5 Å². The van der Waals surface area contributed by atoms with Gasteiger partial charge in [-0.2, -0.15) is 0 Å². The van der Waals surface area contributed by atoms with E-state index in [1.807, 2.05) is 67.6 Å². The van der Waals surface area contributed by atoms with Gasteiger partial charge >= 0.3 is 0 Å². The van der Waals surface area contributed by atoms with Gasteiger partial charge in [0.15, 0.2) is 5.76 Å². The van der Waals surface area contributed by atoms with Gasteiger partial charge in [0.2, 0.25) is 6.29 Å². The Morgan fingerprint density at radius 3 is 2.58 bits per heavy atom. The minimum atomic E-state index is -0.558. The highest BCUT2D eigenvalue weighted by Gasteiger charge is 2.37. The molecular weight excluding hydrogens is 414 g/mol. The molecule has 0 fully saturated rings. The van der Waals surface area contributed by atoms with Gasteiger partial charge in [-0.15, -0.1) is 0 Å². The molecule has 3 rings (SSSR count). The van der Waals surface area contributed by atoms with E-state index < -0.39 is 6.29 Å². The maximum atomic E-state index is 12.9. The number of amides is 1. The molecule has 0 radical (unpaired) electrons. The Labute approximate surface area is 189 Å². The molecule has 2 N–H and O–H groups in total. The van der Waals surface area contributed by atoms with Crippen LogP contribution < -0.4 is 5.32 Å². The van der Waals surface area contributed by atoms with Gasteiger partial charge in [-0.3, -0.25) is 4.79 Å². The van der Waals surface area contributed by atoms with E-state index in [2.05, 4.69) is 5.32 Å². The van der Waals surface area contributed by atoms with Crippen molar-refractivity contribution in [1.29, 1.82) is 0 Å². The maximum absolute atomic E-state index is 12.9. The van der Waals surface area contributed by atoms with E-state index in [0.29, 0.717) is 31.0 Å². The minimum absolute atomic E-state index is 0.0193. The molecule has 0 unspecified atom stereocenters. The van der Waals surface area contributed by atoms with Gasteiger partial charge in [0, 0.05) is 36.6 Å². The van der Waals surface area contributed by atoms with Crippen LogP contribution in [0.2, 0.25) is 5.02 Å². The molecule has 0 bridgehead atoms. The van der Waals surface area contributed by atoms with Crippen LogP contribution in [-0.2, 0) is 20.7 Å². The fourth-order valence-corrected chi connectivity index (χ4v) is 4.01. The maximum Gasteiger partial charge on any atom is 0.286 e. The number of halogens is 1. The number of aliphatic hydroxyl groups excluding tert-OH is 1. The SMILES string of the molecule is CCO[C@@H]1OC(C(=O)NCCc2ccccc2)=C[C@H](c2ccc(Cl)cc2)[C@@H]1CCCO. The molecule has 31 heavy (non-hydrogen) atoms. The fourth-order valence-electron chi connectivity index (χ4n) is 3.88. The number of nitrogens with one attached hydrogen (secondary N) is 1. The minimum Gasteiger partial charge on any atom is -0.459 e. The van der Waals surface area contributed by atoms with Crippen molar-refractivity contribution in [2.24, 2.45) is 5.92 Å². The van der Waals surface area contributed by atoms with E-state index in [1.54, 1.807) is 0 Å². The summed E-state index contributed by atoms with van der Waals surface area (Å²) in [4.78, 5) is 12.9. The van der Waals surface area contributed by atoms with Crippen molar-refractivity contribution >= 4 is 17.5 Å². The molecule has 5 nitrogen and oxygen atoms in total. The number of benzene rings is 2. The van der Waals surface area contributed by atoms with Crippen LogP contribution in [0.25, 0.3) is 0 Å². The van der Waals surface area contributed by atoms with Crippen LogP contribution in [0, 0.1) is 5.92 Å². The van der Waals surface area contributed by atoms with Gasteiger partial charge in [0.25, 0.3) is 5.91 Å². The molecule has 2 aromatic carbocycles. The van der Waals surface area contributed by atoms with Crippen molar-refractivity contribution < 1.29 is 19.4 Å². The third-order valence-corrected chi connectivity index (χ3v) is 5.68. The molecule has 2 aromatic rings. The summed E-state index contributed by atoms with van der Waals surface area (Å²) in [6, 6.07) is 17.6. The van der Waals surface area contributed by atoms with E-state index in [9.17, 15) is 9.90 Å². The molecule has 1 aliphatic heterocycles. The van der Waals surface area contributed by atoms with E-state index in [1.165, 1.54) is 0 Å². The van der Waals surface area contributed by atoms with Crippen LogP contribution in [0.15, 0.2) is 66.4 Å². The molecule has 1 heterocycles. The lowest BCUT2D eigenvalue weighted by Gasteiger charge is -2.37. The summed E-state index contributed by atoms with van der Waals surface area (Å²) >= 11 is 6.07. The van der Waals surface area contributed by atoms with Crippen molar-refractivity contribution in [3.8, 4) is 0 Å². The monoisotopic (exact) mass is 443 g/mol. The predicted molar refractivity (Wildman–Crippen MR) is 122 cm³/mol. The molecule has 0 aliphatic carbocycles. The molecule has 6 heteroatoms. The predicted octanol–water partition coefficient (Wildman–Crippen LogP) is 4.45. The summed E-state index contributed by atoms with van der Waals surface area (Å²) in [6.45, 7) is 2.99. The largest absolute Gasteiger partial charge is 0.459 e. The van der Waals surface area contributed by atoms with Gasteiger partial charge in [0.05, 0.1) is 0 Å². The van der Waals surface area contributed by atoms with Crippen LogP contribution in [-0.4, -0.2) is 37.1 Å². The molecule has 166 valence electrons. The van der Waals surface area contributed by atoms with Crippen LogP contribution in [0.4, 0.5) is 0 Å². The van der Waals surface area contributed by atoms with Crippen molar-refractivity contribution in [1.82, 2.24) is 5.32 Å². The Bertz CT molecular complexity index is 854. The summed E-state index contributed by atoms with van der Waals surface area (Å²) in [5.41, 5.74) is 2.20. The molecule has 3 atom stereocenters. The molecular formula is C25H30ClNO4. The van der Waals surface area contributed by atoms with Crippen LogP contribution in [0.5, 0.6) is 0 Å². The van der Waals surface area contributed by atoms with Crippen molar-refractivity contribution in [2.75, 3.05) is 19.8 Å². The van der Waals surface area contributed by atoms with Crippen LogP contribution in [0.3, 0.4) is 0 Å². The van der Waals surface area contributed by atoms with Gasteiger partial charge in [0.1, 0.15) is 0 Å². The smallest absolute Gasteiger partial charge is 0.286 e. The Kier molecular flexibility index (Phi) is 8.95. The second-order valence-electron chi connectivity index (χ2n) is 7.57. The van der Waals surface area contributed by atoms with Crippen molar-refractivity contribution in [2.45, 2.75) is 38.4 Å². The Morgan fingerprint density at radius 2 is 1.90 bits per heavy atom. The van der Waals surface area contributed by atoms with Gasteiger partial charge in [-0.1, -0.05) is 54.1 Å². The lowest BCUT2D eigenvalue weighted by atomic mass is 9.80.